The molecule has 0 spiro atoms. The first-order valence-corrected chi connectivity index (χ1v) is 5.59. The summed E-state index contributed by atoms with van der Waals surface area (Å²) in [6, 6.07) is 0. The fourth-order valence-corrected chi connectivity index (χ4v) is 1.06. The van der Waals surface area contributed by atoms with E-state index in [2.05, 4.69) is 16.4 Å². The first-order valence-electron chi connectivity index (χ1n) is 4.06. The van der Waals surface area contributed by atoms with Gasteiger partial charge >= 0.3 is 7.82 Å². The third kappa shape index (κ3) is 9.41. The van der Waals surface area contributed by atoms with E-state index in [0.717, 1.165) is 6.08 Å². The predicted molar refractivity (Wildman–Crippen MR) is 50.4 cm³/mol. The number of hydrogen-bond donors (Lipinski definition) is 3. The molecule has 0 unspecified atom stereocenters. The molecular formula is C7H14NO5P. The van der Waals surface area contributed by atoms with Gasteiger partial charge in [-0.05, 0) is 18.9 Å². The van der Waals surface area contributed by atoms with Gasteiger partial charge in [0.2, 0.25) is 5.91 Å². The second kappa shape index (κ2) is 6.73. The van der Waals surface area contributed by atoms with Gasteiger partial charge in [0.15, 0.2) is 0 Å². The molecule has 0 aliphatic heterocycles. The highest BCUT2D eigenvalue weighted by molar-refractivity contribution is 7.46. The Morgan fingerprint density at radius 2 is 2.14 bits per heavy atom. The summed E-state index contributed by atoms with van der Waals surface area (Å²) in [7, 11) is -4.34. The summed E-state index contributed by atoms with van der Waals surface area (Å²) in [4.78, 5) is 27.2. The van der Waals surface area contributed by atoms with Crippen molar-refractivity contribution in [1.29, 1.82) is 0 Å². The highest BCUT2D eigenvalue weighted by Gasteiger charge is 2.12. The summed E-state index contributed by atoms with van der Waals surface area (Å²) >= 11 is 0. The fraction of sp³-hybridized carbons (Fsp3) is 0.571. The van der Waals surface area contributed by atoms with Crippen LogP contribution >= 0.6 is 7.82 Å². The minimum absolute atomic E-state index is 0.0196. The number of carbonyl (C=O) groups is 1. The van der Waals surface area contributed by atoms with Crippen molar-refractivity contribution in [3.05, 3.63) is 12.7 Å². The zero-order valence-corrected chi connectivity index (χ0v) is 8.57. The van der Waals surface area contributed by atoms with Crippen molar-refractivity contribution in [2.45, 2.75) is 12.8 Å². The van der Waals surface area contributed by atoms with Crippen molar-refractivity contribution in [2.75, 3.05) is 13.2 Å². The maximum atomic E-state index is 10.6. The van der Waals surface area contributed by atoms with Gasteiger partial charge in [-0.3, -0.25) is 9.32 Å². The smallest absolute Gasteiger partial charge is 0.353 e. The third-order valence-electron chi connectivity index (χ3n) is 1.32. The molecule has 0 rings (SSSR count). The molecule has 0 saturated carbocycles. The van der Waals surface area contributed by atoms with Crippen LogP contribution in [0.25, 0.3) is 0 Å². The van der Waals surface area contributed by atoms with E-state index >= 15 is 0 Å². The lowest BCUT2D eigenvalue weighted by atomic mass is 10.3. The summed E-state index contributed by atoms with van der Waals surface area (Å²) in [5.41, 5.74) is 0. The summed E-state index contributed by atoms with van der Waals surface area (Å²) in [5.74, 6) is -0.263. The fourth-order valence-electron chi connectivity index (χ4n) is 0.694. The average molecular weight is 223 g/mol. The lowest BCUT2D eigenvalue weighted by Gasteiger charge is -2.04. The van der Waals surface area contributed by atoms with Crippen LogP contribution in [-0.2, 0) is 13.9 Å². The van der Waals surface area contributed by atoms with Crippen LogP contribution in [0.4, 0.5) is 0 Å². The van der Waals surface area contributed by atoms with Crippen molar-refractivity contribution < 1.29 is 23.7 Å². The Bertz CT molecular complexity index is 236. The lowest BCUT2D eigenvalue weighted by Crippen LogP contribution is -2.21. The molecule has 0 heterocycles. The highest BCUT2D eigenvalue weighted by Crippen LogP contribution is 2.35. The summed E-state index contributed by atoms with van der Waals surface area (Å²) in [6.45, 7) is 3.69. The Morgan fingerprint density at radius 1 is 1.50 bits per heavy atom. The second-order valence-electron chi connectivity index (χ2n) is 2.53. The predicted octanol–water partition coefficient (Wildman–Crippen LogP) is 0.178. The molecule has 82 valence electrons. The maximum Gasteiger partial charge on any atom is 0.469 e. The standard InChI is InChI=1S/C7H14NO5P/c1-2-7(9)8-5-3-4-6-13-14(10,11)12/h2H,1,3-6H2,(H,8,9)(H2,10,11,12). The quantitative estimate of drug-likeness (QED) is 0.325. The summed E-state index contributed by atoms with van der Waals surface area (Å²) in [5, 5.41) is 2.52. The van der Waals surface area contributed by atoms with Crippen molar-refractivity contribution >= 4 is 13.7 Å². The van der Waals surface area contributed by atoms with E-state index in [4.69, 9.17) is 9.79 Å². The van der Waals surface area contributed by atoms with Gasteiger partial charge in [-0.2, -0.15) is 0 Å². The number of hydrogen-bond acceptors (Lipinski definition) is 3. The molecule has 0 radical (unpaired) electrons. The minimum atomic E-state index is -4.34. The second-order valence-corrected chi connectivity index (χ2v) is 3.77. The number of carbonyl (C=O) groups excluding carboxylic acids is 1. The van der Waals surface area contributed by atoms with Gasteiger partial charge in [0.25, 0.3) is 0 Å². The van der Waals surface area contributed by atoms with Crippen LogP contribution < -0.4 is 5.32 Å². The monoisotopic (exact) mass is 223 g/mol. The van der Waals surface area contributed by atoms with Crippen LogP contribution in [0.2, 0.25) is 0 Å². The van der Waals surface area contributed by atoms with E-state index in [0.29, 0.717) is 19.4 Å². The van der Waals surface area contributed by atoms with Crippen LogP contribution in [0, 0.1) is 0 Å². The van der Waals surface area contributed by atoms with E-state index in [1.807, 2.05) is 0 Å². The van der Waals surface area contributed by atoms with Gasteiger partial charge < -0.3 is 15.1 Å². The van der Waals surface area contributed by atoms with Crippen LogP contribution in [0.1, 0.15) is 12.8 Å². The third-order valence-corrected chi connectivity index (χ3v) is 1.83. The Morgan fingerprint density at radius 3 is 2.64 bits per heavy atom. The summed E-state index contributed by atoms with van der Waals surface area (Å²) in [6.07, 6.45) is 2.23. The van der Waals surface area contributed by atoms with E-state index in [-0.39, 0.29) is 12.5 Å². The molecule has 14 heavy (non-hydrogen) atoms. The number of phosphoric ester groups is 1. The van der Waals surface area contributed by atoms with Crippen LogP contribution in [0.5, 0.6) is 0 Å². The molecule has 3 N–H and O–H groups in total. The molecule has 0 saturated heterocycles. The molecule has 0 aliphatic carbocycles. The Labute approximate surface area is 82.2 Å². The first-order chi connectivity index (χ1) is 6.45. The van der Waals surface area contributed by atoms with Crippen LogP contribution in [-0.4, -0.2) is 28.8 Å². The van der Waals surface area contributed by atoms with Crippen LogP contribution in [0.15, 0.2) is 12.7 Å². The van der Waals surface area contributed by atoms with Gasteiger partial charge in [0.1, 0.15) is 0 Å². The molecule has 0 atom stereocenters. The molecule has 6 nitrogen and oxygen atoms in total. The van der Waals surface area contributed by atoms with Crippen molar-refractivity contribution in [3.8, 4) is 0 Å². The maximum absolute atomic E-state index is 10.6. The molecule has 7 heteroatoms. The van der Waals surface area contributed by atoms with Gasteiger partial charge in [-0.15, -0.1) is 0 Å². The SMILES string of the molecule is C=CC(=O)NCCCCOP(=O)(O)O. The Kier molecular flexibility index (Phi) is 6.40. The van der Waals surface area contributed by atoms with Gasteiger partial charge in [-0.1, -0.05) is 6.58 Å². The first kappa shape index (κ1) is 13.3. The summed E-state index contributed by atoms with van der Waals surface area (Å²) < 4.78 is 14.4. The van der Waals surface area contributed by atoms with E-state index in [1.165, 1.54) is 0 Å². The molecule has 0 aliphatic rings. The molecule has 1 amide bonds. The highest BCUT2D eigenvalue weighted by atomic mass is 31.2. The normalized spacial score (nSPS) is 11.0. The number of amides is 1. The van der Waals surface area contributed by atoms with Gasteiger partial charge in [0, 0.05) is 6.54 Å². The molecule has 0 fully saturated rings. The number of phosphoric acid groups is 1. The molecule has 0 bridgehead atoms. The van der Waals surface area contributed by atoms with Crippen molar-refractivity contribution in [2.24, 2.45) is 0 Å². The lowest BCUT2D eigenvalue weighted by molar-refractivity contribution is -0.116. The van der Waals surface area contributed by atoms with E-state index < -0.39 is 7.82 Å². The molecule has 0 aromatic heterocycles. The number of nitrogens with one attached hydrogen (secondary N) is 1. The largest absolute Gasteiger partial charge is 0.469 e. The number of rotatable bonds is 7. The zero-order valence-electron chi connectivity index (χ0n) is 7.68. The van der Waals surface area contributed by atoms with Gasteiger partial charge in [0.05, 0.1) is 6.61 Å². The van der Waals surface area contributed by atoms with E-state index in [1.54, 1.807) is 0 Å². The van der Waals surface area contributed by atoms with E-state index in [9.17, 15) is 9.36 Å². The Balaban J connectivity index is 3.27. The molecular weight excluding hydrogens is 209 g/mol. The topological polar surface area (TPSA) is 95.9 Å². The molecule has 0 aromatic rings. The van der Waals surface area contributed by atoms with Gasteiger partial charge in [-0.25, -0.2) is 4.57 Å². The number of unbranched alkanes of at least 4 members (excludes halogenated alkanes) is 1. The van der Waals surface area contributed by atoms with Crippen LogP contribution in [0.3, 0.4) is 0 Å². The molecule has 0 aromatic carbocycles. The Hall–Kier alpha value is -0.680. The van der Waals surface area contributed by atoms with Crippen molar-refractivity contribution in [1.82, 2.24) is 5.32 Å². The minimum Gasteiger partial charge on any atom is -0.353 e. The van der Waals surface area contributed by atoms with Crippen molar-refractivity contribution in [3.63, 3.8) is 0 Å². The zero-order chi connectivity index (χ0) is 11.0. The average Bonchev–Trinajstić information content (AvgIpc) is 2.08.